The van der Waals surface area contributed by atoms with E-state index in [1.54, 1.807) is 18.2 Å². The summed E-state index contributed by atoms with van der Waals surface area (Å²) in [5.41, 5.74) is 6.62. The van der Waals surface area contributed by atoms with Crippen LogP contribution in [0.2, 0.25) is 0 Å². The van der Waals surface area contributed by atoms with E-state index in [4.69, 9.17) is 10.5 Å². The van der Waals surface area contributed by atoms with Crippen molar-refractivity contribution >= 4 is 37.3 Å². The Morgan fingerprint density at radius 1 is 1.08 bits per heavy atom. The Labute approximate surface area is 233 Å². The van der Waals surface area contributed by atoms with Crippen LogP contribution in [0.1, 0.15) is 25.3 Å². The van der Waals surface area contributed by atoms with E-state index in [2.05, 4.69) is 28.0 Å². The molecule has 2 aliphatic rings. The molecule has 2 heterocycles. The Kier molecular flexibility index (Phi) is 7.42. The van der Waals surface area contributed by atoms with Gasteiger partial charge in [-0.1, -0.05) is 13.0 Å². The molecule has 208 valence electrons. The van der Waals surface area contributed by atoms with Crippen molar-refractivity contribution in [3.8, 4) is 11.4 Å². The summed E-state index contributed by atoms with van der Waals surface area (Å²) < 4.78 is 62.9. The second-order valence-corrected chi connectivity index (χ2v) is 13.1. The SMILES string of the molecule is CC1(COc2c(N3CCN(S(=O)(=O)Cc4ccc(Br)c(N)c4)CC3)cnn(-c3cc(F)cc(F)c3)c2=O)CC1. The zero-order valence-corrected chi connectivity index (χ0v) is 23.6. The van der Waals surface area contributed by atoms with Crippen LogP contribution in [0.4, 0.5) is 20.2 Å². The lowest BCUT2D eigenvalue weighted by Crippen LogP contribution is -2.49. The number of anilines is 2. The molecule has 0 spiro atoms. The number of nitrogens with zero attached hydrogens (tertiary/aromatic N) is 4. The highest BCUT2D eigenvalue weighted by atomic mass is 79.9. The second-order valence-electron chi connectivity index (χ2n) is 10.3. The fourth-order valence-electron chi connectivity index (χ4n) is 4.43. The number of ether oxygens (including phenoxy) is 1. The summed E-state index contributed by atoms with van der Waals surface area (Å²) in [7, 11) is -3.61. The summed E-state index contributed by atoms with van der Waals surface area (Å²) in [4.78, 5) is 15.3. The van der Waals surface area contributed by atoms with E-state index in [1.807, 2.05) is 4.90 Å². The average molecular weight is 625 g/mol. The molecule has 1 saturated heterocycles. The molecule has 39 heavy (non-hydrogen) atoms. The van der Waals surface area contributed by atoms with Gasteiger partial charge in [-0.2, -0.15) is 14.1 Å². The first-order valence-electron chi connectivity index (χ1n) is 12.4. The molecule has 0 atom stereocenters. The van der Waals surface area contributed by atoms with Gasteiger partial charge in [0, 0.05) is 47.8 Å². The molecule has 1 aromatic heterocycles. The lowest BCUT2D eigenvalue weighted by Gasteiger charge is -2.35. The standard InChI is InChI=1S/C26H28BrF2N5O4S/c1-26(4-5-26)16-38-24-23(14-31-34(25(24)35)20-12-18(28)11-19(29)13-20)32-6-8-33(9-7-32)39(36,37)15-17-2-3-21(27)22(30)10-17/h2-3,10-14H,4-9,15-16,30H2,1H3. The fraction of sp³-hybridized carbons (Fsp3) is 0.385. The van der Waals surface area contributed by atoms with Gasteiger partial charge in [0.25, 0.3) is 0 Å². The van der Waals surface area contributed by atoms with Gasteiger partial charge in [0.1, 0.15) is 17.3 Å². The van der Waals surface area contributed by atoms with Gasteiger partial charge in [-0.15, -0.1) is 0 Å². The number of sulfonamides is 1. The Morgan fingerprint density at radius 2 is 1.74 bits per heavy atom. The molecule has 2 fully saturated rings. The summed E-state index contributed by atoms with van der Waals surface area (Å²) >= 11 is 3.31. The van der Waals surface area contributed by atoms with Crippen molar-refractivity contribution in [1.82, 2.24) is 14.1 Å². The maximum Gasteiger partial charge on any atom is 0.316 e. The number of hydrogen-bond donors (Lipinski definition) is 1. The summed E-state index contributed by atoms with van der Waals surface area (Å²) in [5.74, 6) is -1.83. The first-order valence-corrected chi connectivity index (χ1v) is 14.8. The molecule has 3 aromatic rings. The molecular weight excluding hydrogens is 596 g/mol. The van der Waals surface area contributed by atoms with Gasteiger partial charge in [-0.3, -0.25) is 4.79 Å². The van der Waals surface area contributed by atoms with Crippen molar-refractivity contribution in [3.63, 3.8) is 0 Å². The van der Waals surface area contributed by atoms with Gasteiger partial charge in [0.05, 0.1) is 24.2 Å². The van der Waals surface area contributed by atoms with E-state index < -0.39 is 27.2 Å². The molecular formula is C26H28BrF2N5O4S. The van der Waals surface area contributed by atoms with Crippen molar-refractivity contribution in [2.45, 2.75) is 25.5 Å². The highest BCUT2D eigenvalue weighted by Gasteiger charge is 2.39. The number of halogens is 3. The van der Waals surface area contributed by atoms with Gasteiger partial charge in [-0.25, -0.2) is 17.2 Å². The molecule has 1 saturated carbocycles. The molecule has 9 nitrogen and oxygen atoms in total. The number of benzene rings is 2. The molecule has 0 unspecified atom stereocenters. The highest BCUT2D eigenvalue weighted by molar-refractivity contribution is 9.10. The number of nitrogens with two attached hydrogens (primary N) is 1. The summed E-state index contributed by atoms with van der Waals surface area (Å²) in [6, 6.07) is 7.82. The van der Waals surface area contributed by atoms with Crippen LogP contribution in [-0.2, 0) is 15.8 Å². The Balaban J connectivity index is 1.37. The summed E-state index contributed by atoms with van der Waals surface area (Å²) in [5, 5.41) is 4.17. The minimum atomic E-state index is -3.61. The number of rotatable bonds is 8. The molecule has 2 N–H and O–H groups in total. The Morgan fingerprint density at radius 3 is 2.36 bits per heavy atom. The van der Waals surface area contributed by atoms with Gasteiger partial charge < -0.3 is 15.4 Å². The van der Waals surface area contributed by atoms with E-state index in [-0.39, 0.29) is 35.7 Å². The van der Waals surface area contributed by atoms with Gasteiger partial charge in [0.2, 0.25) is 15.8 Å². The van der Waals surface area contributed by atoms with Crippen LogP contribution in [0, 0.1) is 17.0 Å². The Hall–Kier alpha value is -3.03. The lowest BCUT2D eigenvalue weighted by molar-refractivity contribution is 0.242. The zero-order valence-electron chi connectivity index (χ0n) is 21.2. The molecule has 0 bridgehead atoms. The monoisotopic (exact) mass is 623 g/mol. The molecule has 13 heteroatoms. The minimum Gasteiger partial charge on any atom is -0.486 e. The van der Waals surface area contributed by atoms with Crippen molar-refractivity contribution in [2.75, 3.05) is 43.4 Å². The highest BCUT2D eigenvalue weighted by Crippen LogP contribution is 2.45. The number of aromatic nitrogens is 2. The van der Waals surface area contributed by atoms with E-state index in [9.17, 15) is 22.0 Å². The maximum atomic E-state index is 13.9. The minimum absolute atomic E-state index is 0.0180. The summed E-state index contributed by atoms with van der Waals surface area (Å²) in [6.07, 6.45) is 3.36. The lowest BCUT2D eigenvalue weighted by atomic mass is 10.2. The molecule has 1 aliphatic carbocycles. The van der Waals surface area contributed by atoms with Crippen LogP contribution in [0.15, 0.2) is 51.9 Å². The van der Waals surface area contributed by atoms with Crippen LogP contribution < -0.4 is 20.9 Å². The predicted octanol–water partition coefficient (Wildman–Crippen LogP) is 3.69. The number of piperazine rings is 1. The normalized spacial score (nSPS) is 17.3. The number of hydrogen-bond acceptors (Lipinski definition) is 7. The van der Waals surface area contributed by atoms with E-state index in [1.165, 1.54) is 10.5 Å². The summed E-state index contributed by atoms with van der Waals surface area (Å²) in [6.45, 7) is 3.36. The third kappa shape index (κ3) is 6.10. The van der Waals surface area contributed by atoms with Crippen molar-refractivity contribution < 1.29 is 21.9 Å². The van der Waals surface area contributed by atoms with Crippen LogP contribution in [-0.4, -0.2) is 55.3 Å². The zero-order chi connectivity index (χ0) is 27.9. The average Bonchev–Trinajstić information content (AvgIpc) is 3.62. The third-order valence-electron chi connectivity index (χ3n) is 7.06. The fourth-order valence-corrected chi connectivity index (χ4v) is 6.18. The molecule has 0 radical (unpaired) electrons. The van der Waals surface area contributed by atoms with Gasteiger partial charge in [0.15, 0.2) is 0 Å². The quantitative estimate of drug-likeness (QED) is 0.381. The third-order valence-corrected chi connectivity index (χ3v) is 9.63. The smallest absolute Gasteiger partial charge is 0.316 e. The topological polar surface area (TPSA) is 111 Å². The van der Waals surface area contributed by atoms with Crippen molar-refractivity contribution in [2.24, 2.45) is 5.41 Å². The largest absolute Gasteiger partial charge is 0.486 e. The Bertz CT molecular complexity index is 1550. The van der Waals surface area contributed by atoms with Crippen LogP contribution in [0.25, 0.3) is 5.69 Å². The second kappa shape index (κ2) is 10.5. The number of nitrogen functional groups attached to an aromatic ring is 1. The van der Waals surface area contributed by atoms with Gasteiger partial charge >= 0.3 is 5.56 Å². The molecule has 5 rings (SSSR count). The van der Waals surface area contributed by atoms with E-state index in [0.29, 0.717) is 47.2 Å². The maximum absolute atomic E-state index is 13.9. The molecule has 0 amide bonds. The van der Waals surface area contributed by atoms with Crippen molar-refractivity contribution in [1.29, 1.82) is 0 Å². The van der Waals surface area contributed by atoms with Crippen LogP contribution in [0.5, 0.6) is 5.75 Å². The van der Waals surface area contributed by atoms with E-state index >= 15 is 0 Å². The van der Waals surface area contributed by atoms with E-state index in [0.717, 1.165) is 29.7 Å². The van der Waals surface area contributed by atoms with Crippen LogP contribution >= 0.6 is 15.9 Å². The first kappa shape index (κ1) is 27.5. The van der Waals surface area contributed by atoms with Crippen LogP contribution in [0.3, 0.4) is 0 Å². The molecule has 1 aliphatic heterocycles. The molecule has 2 aromatic carbocycles. The van der Waals surface area contributed by atoms with Crippen molar-refractivity contribution in [3.05, 3.63) is 74.6 Å². The first-order chi connectivity index (χ1) is 18.4. The van der Waals surface area contributed by atoms with Gasteiger partial charge in [-0.05, 0) is 58.6 Å². The predicted molar refractivity (Wildman–Crippen MR) is 148 cm³/mol.